The maximum Gasteiger partial charge on any atom is 0.228 e. The molecule has 0 spiro atoms. The van der Waals surface area contributed by atoms with Gasteiger partial charge >= 0.3 is 0 Å². The highest BCUT2D eigenvalue weighted by molar-refractivity contribution is 6.74. The van der Waals surface area contributed by atoms with Crippen LogP contribution in [0.2, 0.25) is 18.1 Å². The SMILES string of the molecule is CC(C)(C)[Si](C)(C)O[C@H]1CC(=O)N2CC=C[C@@]12O. The van der Waals surface area contributed by atoms with E-state index in [4.69, 9.17) is 4.43 Å². The Hall–Kier alpha value is -0.653. The third-order valence-electron chi connectivity index (χ3n) is 4.46. The van der Waals surface area contributed by atoms with Crippen molar-refractivity contribution >= 4 is 14.2 Å². The van der Waals surface area contributed by atoms with Crippen LogP contribution >= 0.6 is 0 Å². The first-order chi connectivity index (χ1) is 8.08. The first kappa shape index (κ1) is 13.8. The summed E-state index contributed by atoms with van der Waals surface area (Å²) in [6, 6.07) is 0. The zero-order valence-electron chi connectivity index (χ0n) is 11.9. The molecule has 0 saturated carbocycles. The molecule has 18 heavy (non-hydrogen) atoms. The highest BCUT2D eigenvalue weighted by Gasteiger charge is 2.55. The molecule has 0 aromatic heterocycles. The summed E-state index contributed by atoms with van der Waals surface area (Å²) in [6.45, 7) is 11.2. The summed E-state index contributed by atoms with van der Waals surface area (Å²) in [5.41, 5.74) is -1.22. The van der Waals surface area contributed by atoms with Crippen LogP contribution < -0.4 is 0 Å². The molecule has 0 aromatic carbocycles. The van der Waals surface area contributed by atoms with Crippen LogP contribution in [-0.2, 0) is 9.22 Å². The van der Waals surface area contributed by atoms with Crippen molar-refractivity contribution in [3.63, 3.8) is 0 Å². The van der Waals surface area contributed by atoms with E-state index in [2.05, 4.69) is 33.9 Å². The number of rotatable bonds is 2. The Morgan fingerprint density at radius 2 is 2.11 bits per heavy atom. The van der Waals surface area contributed by atoms with Gasteiger partial charge in [-0.15, -0.1) is 0 Å². The van der Waals surface area contributed by atoms with Gasteiger partial charge in [0.25, 0.3) is 0 Å². The summed E-state index contributed by atoms with van der Waals surface area (Å²) >= 11 is 0. The van der Waals surface area contributed by atoms with Crippen LogP contribution in [0.1, 0.15) is 27.2 Å². The molecule has 2 aliphatic rings. The fraction of sp³-hybridized carbons (Fsp3) is 0.769. The minimum Gasteiger partial charge on any atom is -0.408 e. The van der Waals surface area contributed by atoms with Crippen LogP contribution in [0.25, 0.3) is 0 Å². The quantitative estimate of drug-likeness (QED) is 0.615. The van der Waals surface area contributed by atoms with Crippen molar-refractivity contribution in [2.45, 2.75) is 57.2 Å². The number of fused-ring (bicyclic) bond motifs is 1. The Morgan fingerprint density at radius 1 is 1.50 bits per heavy atom. The first-order valence-electron chi connectivity index (χ1n) is 6.46. The molecule has 4 nitrogen and oxygen atoms in total. The van der Waals surface area contributed by atoms with E-state index in [9.17, 15) is 9.90 Å². The summed E-state index contributed by atoms with van der Waals surface area (Å²) < 4.78 is 6.23. The Kier molecular flexibility index (Phi) is 3.00. The van der Waals surface area contributed by atoms with Crippen molar-refractivity contribution < 1.29 is 14.3 Å². The average molecular weight is 269 g/mol. The lowest BCUT2D eigenvalue weighted by molar-refractivity contribution is -0.139. The Morgan fingerprint density at radius 3 is 2.67 bits per heavy atom. The molecule has 2 atom stereocenters. The van der Waals surface area contributed by atoms with Gasteiger partial charge in [0, 0.05) is 6.54 Å². The highest BCUT2D eigenvalue weighted by Crippen LogP contribution is 2.42. The molecular weight excluding hydrogens is 246 g/mol. The van der Waals surface area contributed by atoms with E-state index in [1.165, 1.54) is 4.90 Å². The van der Waals surface area contributed by atoms with Crippen LogP contribution in [-0.4, -0.2) is 42.6 Å². The van der Waals surface area contributed by atoms with Gasteiger partial charge in [-0.05, 0) is 24.2 Å². The van der Waals surface area contributed by atoms with Crippen molar-refractivity contribution in [3.05, 3.63) is 12.2 Å². The van der Waals surface area contributed by atoms with Crippen LogP contribution in [0.3, 0.4) is 0 Å². The third kappa shape index (κ3) is 1.94. The van der Waals surface area contributed by atoms with Gasteiger partial charge in [0.05, 0.1) is 6.42 Å². The van der Waals surface area contributed by atoms with Gasteiger partial charge in [-0.1, -0.05) is 26.8 Å². The maximum absolute atomic E-state index is 11.9. The molecule has 2 aliphatic heterocycles. The lowest BCUT2D eigenvalue weighted by Gasteiger charge is -2.41. The first-order valence-corrected chi connectivity index (χ1v) is 9.37. The molecule has 0 unspecified atom stereocenters. The normalized spacial score (nSPS) is 32.2. The number of carbonyl (C=O) groups is 1. The fourth-order valence-corrected chi connectivity index (χ4v) is 3.55. The molecule has 1 saturated heterocycles. The molecule has 1 amide bonds. The molecule has 1 N–H and O–H groups in total. The van der Waals surface area contributed by atoms with Crippen molar-refractivity contribution in [2.24, 2.45) is 0 Å². The predicted molar refractivity (Wildman–Crippen MR) is 72.5 cm³/mol. The molecule has 0 bridgehead atoms. The lowest BCUT2D eigenvalue weighted by Crippen LogP contribution is -2.53. The second-order valence-corrected chi connectivity index (χ2v) is 11.5. The Labute approximate surface area is 110 Å². The summed E-state index contributed by atoms with van der Waals surface area (Å²) in [5, 5.41) is 10.7. The van der Waals surface area contributed by atoms with Crippen molar-refractivity contribution in [1.29, 1.82) is 0 Å². The van der Waals surface area contributed by atoms with Crippen molar-refractivity contribution in [2.75, 3.05) is 6.54 Å². The number of hydrogen-bond donors (Lipinski definition) is 1. The zero-order valence-corrected chi connectivity index (χ0v) is 12.9. The van der Waals surface area contributed by atoms with Gasteiger partial charge in [-0.2, -0.15) is 0 Å². The molecule has 1 fully saturated rings. The second kappa shape index (κ2) is 3.92. The third-order valence-corrected chi connectivity index (χ3v) is 8.95. The number of hydrogen-bond acceptors (Lipinski definition) is 3. The minimum atomic E-state index is -1.98. The molecule has 102 valence electrons. The summed E-state index contributed by atoms with van der Waals surface area (Å²) in [7, 11) is -1.98. The Bertz CT molecular complexity index is 400. The van der Waals surface area contributed by atoms with E-state index >= 15 is 0 Å². The number of amides is 1. The van der Waals surface area contributed by atoms with E-state index < -0.39 is 20.1 Å². The maximum atomic E-state index is 11.9. The van der Waals surface area contributed by atoms with Gasteiger partial charge < -0.3 is 14.4 Å². The molecular formula is C13H23NO3Si. The zero-order chi connectivity index (χ0) is 13.8. The van der Waals surface area contributed by atoms with Crippen LogP contribution in [0.5, 0.6) is 0 Å². The van der Waals surface area contributed by atoms with E-state index in [0.29, 0.717) is 6.54 Å². The molecule has 2 rings (SSSR count). The monoisotopic (exact) mass is 269 g/mol. The van der Waals surface area contributed by atoms with E-state index in [1.807, 2.05) is 6.08 Å². The smallest absolute Gasteiger partial charge is 0.228 e. The van der Waals surface area contributed by atoms with E-state index in [-0.39, 0.29) is 17.4 Å². The lowest BCUT2D eigenvalue weighted by atomic mass is 10.1. The highest BCUT2D eigenvalue weighted by atomic mass is 28.4. The predicted octanol–water partition coefficient (Wildman–Crippen LogP) is 1.87. The molecule has 0 aromatic rings. The van der Waals surface area contributed by atoms with E-state index in [0.717, 1.165) is 0 Å². The molecule has 0 radical (unpaired) electrons. The van der Waals surface area contributed by atoms with Crippen molar-refractivity contribution in [3.8, 4) is 0 Å². The fourth-order valence-electron chi connectivity index (χ4n) is 2.23. The standard InChI is InChI=1S/C13H23NO3Si/c1-12(2,3)18(4,5)17-10-9-11(15)14-8-6-7-13(10,14)16/h6-7,10,16H,8-9H2,1-5H3/t10-,13+/m0/s1. The number of carbonyl (C=O) groups excluding carboxylic acids is 1. The molecule has 0 aliphatic carbocycles. The van der Waals surface area contributed by atoms with Gasteiger partial charge in [-0.25, -0.2) is 0 Å². The average Bonchev–Trinajstić information content (AvgIpc) is 2.66. The number of aliphatic hydroxyl groups is 1. The minimum absolute atomic E-state index is 0.0220. The van der Waals surface area contributed by atoms with Crippen LogP contribution in [0.4, 0.5) is 0 Å². The number of nitrogens with zero attached hydrogens (tertiary/aromatic N) is 1. The second-order valence-electron chi connectivity index (χ2n) is 6.76. The summed E-state index contributed by atoms with van der Waals surface area (Å²) in [6.07, 6.45) is 3.40. The summed E-state index contributed by atoms with van der Waals surface area (Å²) in [5.74, 6) is -0.0220. The summed E-state index contributed by atoms with van der Waals surface area (Å²) in [4.78, 5) is 13.4. The van der Waals surface area contributed by atoms with Crippen LogP contribution in [0.15, 0.2) is 12.2 Å². The molecule has 5 heteroatoms. The van der Waals surface area contributed by atoms with Crippen LogP contribution in [0, 0.1) is 0 Å². The topological polar surface area (TPSA) is 49.8 Å². The Balaban J connectivity index is 2.21. The van der Waals surface area contributed by atoms with E-state index in [1.54, 1.807) is 6.08 Å². The molecule has 2 heterocycles. The van der Waals surface area contributed by atoms with Gasteiger partial charge in [0.2, 0.25) is 5.91 Å². The van der Waals surface area contributed by atoms with Gasteiger partial charge in [-0.3, -0.25) is 4.79 Å². The largest absolute Gasteiger partial charge is 0.408 e. The van der Waals surface area contributed by atoms with Crippen molar-refractivity contribution in [1.82, 2.24) is 4.90 Å². The van der Waals surface area contributed by atoms with Gasteiger partial charge in [0.15, 0.2) is 14.0 Å². The van der Waals surface area contributed by atoms with Gasteiger partial charge in [0.1, 0.15) is 6.10 Å².